The molecule has 0 aliphatic carbocycles. The summed E-state index contributed by atoms with van der Waals surface area (Å²) in [7, 11) is 0. The zero-order valence-electron chi connectivity index (χ0n) is 22.7. The van der Waals surface area contributed by atoms with E-state index in [1.807, 2.05) is 73.2 Å². The molecule has 2 atom stereocenters. The van der Waals surface area contributed by atoms with E-state index >= 15 is 0 Å². The van der Waals surface area contributed by atoms with E-state index in [4.69, 9.17) is 18.9 Å². The van der Waals surface area contributed by atoms with Crippen LogP contribution >= 0.6 is 23.5 Å². The van der Waals surface area contributed by atoms with Gasteiger partial charge in [-0.3, -0.25) is 0 Å². The fourth-order valence-corrected chi connectivity index (χ4v) is 4.21. The molecule has 12 heteroatoms. The van der Waals surface area contributed by atoms with Gasteiger partial charge in [-0.2, -0.15) is 23.5 Å². The highest BCUT2D eigenvalue weighted by Crippen LogP contribution is 2.07. The summed E-state index contributed by atoms with van der Waals surface area (Å²) in [6.07, 6.45) is 2.97. The first kappa shape index (κ1) is 32.8. The van der Waals surface area contributed by atoms with Crippen molar-refractivity contribution < 1.29 is 38.1 Å². The highest BCUT2D eigenvalue weighted by atomic mass is 32.2. The summed E-state index contributed by atoms with van der Waals surface area (Å²) in [5.41, 5.74) is 1.63. The Labute approximate surface area is 243 Å². The Balaban J connectivity index is 1.77. The molecule has 40 heavy (non-hydrogen) atoms. The molecule has 2 rings (SSSR count). The molecule has 0 aliphatic heterocycles. The number of nitrogens with one attached hydrogen (secondary N) is 2. The van der Waals surface area contributed by atoms with Crippen molar-refractivity contribution >= 4 is 47.6 Å². The van der Waals surface area contributed by atoms with Crippen LogP contribution in [0, 0.1) is 0 Å². The Morgan fingerprint density at radius 2 is 1.00 bits per heavy atom. The van der Waals surface area contributed by atoms with Crippen molar-refractivity contribution in [3.05, 3.63) is 71.8 Å². The van der Waals surface area contributed by atoms with Crippen LogP contribution in [0.2, 0.25) is 0 Å². The zero-order chi connectivity index (χ0) is 29.0. The maximum Gasteiger partial charge on any atom is 0.408 e. The number of esters is 2. The van der Waals surface area contributed by atoms with Crippen LogP contribution in [0.15, 0.2) is 60.7 Å². The summed E-state index contributed by atoms with van der Waals surface area (Å²) < 4.78 is 20.9. The fraction of sp³-hybridized carbons (Fsp3) is 0.429. The van der Waals surface area contributed by atoms with Crippen molar-refractivity contribution in [1.29, 1.82) is 0 Å². The third-order valence-corrected chi connectivity index (χ3v) is 6.66. The lowest BCUT2D eigenvalue weighted by atomic mass is 10.2. The number of ether oxygens (including phenoxy) is 4. The van der Waals surface area contributed by atoms with Gasteiger partial charge in [0.15, 0.2) is 0 Å². The average molecular weight is 593 g/mol. The molecule has 0 saturated heterocycles. The lowest BCUT2D eigenvalue weighted by Gasteiger charge is -2.19. The summed E-state index contributed by atoms with van der Waals surface area (Å²) in [4.78, 5) is 49.6. The van der Waals surface area contributed by atoms with Crippen molar-refractivity contribution in [3.63, 3.8) is 0 Å². The Morgan fingerprint density at radius 1 is 0.625 bits per heavy atom. The Hall–Kier alpha value is -3.38. The van der Waals surface area contributed by atoms with Gasteiger partial charge in [0, 0.05) is 0 Å². The van der Waals surface area contributed by atoms with Gasteiger partial charge in [-0.15, -0.1) is 0 Å². The summed E-state index contributed by atoms with van der Waals surface area (Å²) in [5, 5.41) is 5.08. The molecular formula is C28H36N2O8S2. The van der Waals surface area contributed by atoms with E-state index in [0.717, 1.165) is 11.1 Å². The van der Waals surface area contributed by atoms with E-state index in [1.165, 1.54) is 23.5 Å². The number of benzene rings is 2. The van der Waals surface area contributed by atoms with E-state index in [2.05, 4.69) is 10.6 Å². The molecule has 2 aromatic rings. The molecule has 0 aromatic heterocycles. The quantitative estimate of drug-likeness (QED) is 0.157. The van der Waals surface area contributed by atoms with Crippen molar-refractivity contribution in [2.24, 2.45) is 0 Å². The molecule has 2 N–H and O–H groups in total. The Morgan fingerprint density at radius 3 is 1.35 bits per heavy atom. The summed E-state index contributed by atoms with van der Waals surface area (Å²) in [6.45, 7) is -0.291. The number of thioether (sulfide) groups is 2. The molecule has 0 bridgehead atoms. The number of hydrogen-bond donors (Lipinski definition) is 2. The van der Waals surface area contributed by atoms with Crippen LogP contribution in [-0.4, -0.2) is 73.4 Å². The number of alkyl carbamates (subject to hydrolysis) is 2. The van der Waals surface area contributed by atoms with Gasteiger partial charge in [0.05, 0.1) is 0 Å². The molecule has 2 amide bonds. The van der Waals surface area contributed by atoms with Gasteiger partial charge in [0.25, 0.3) is 0 Å². The number of carbonyl (C=O) groups is 4. The van der Waals surface area contributed by atoms with Crippen LogP contribution in [0.25, 0.3) is 0 Å². The van der Waals surface area contributed by atoms with Crippen molar-refractivity contribution in [1.82, 2.24) is 10.6 Å². The van der Waals surface area contributed by atoms with Crippen LogP contribution < -0.4 is 10.6 Å². The van der Waals surface area contributed by atoms with E-state index in [-0.39, 0.29) is 26.4 Å². The van der Waals surface area contributed by atoms with Gasteiger partial charge in [-0.1, -0.05) is 60.7 Å². The molecule has 0 unspecified atom stereocenters. The summed E-state index contributed by atoms with van der Waals surface area (Å²) in [5.74, 6) is -0.111. The van der Waals surface area contributed by atoms with Gasteiger partial charge in [-0.05, 0) is 48.0 Å². The normalized spacial score (nSPS) is 11.9. The number of rotatable bonds is 17. The minimum absolute atomic E-state index is 0.0679. The van der Waals surface area contributed by atoms with Crippen LogP contribution in [0.3, 0.4) is 0 Å². The molecule has 0 fully saturated rings. The number of carbonyl (C=O) groups excluding carboxylic acids is 4. The zero-order valence-corrected chi connectivity index (χ0v) is 24.3. The molecule has 0 aliphatic rings. The van der Waals surface area contributed by atoms with Gasteiger partial charge in [-0.25, -0.2) is 19.2 Å². The maximum absolute atomic E-state index is 12.6. The van der Waals surface area contributed by atoms with Gasteiger partial charge >= 0.3 is 24.1 Å². The molecule has 0 radical (unpaired) electrons. The molecule has 2 aromatic carbocycles. The van der Waals surface area contributed by atoms with Crippen LogP contribution in [0.5, 0.6) is 0 Å². The first-order chi connectivity index (χ1) is 19.4. The number of amides is 2. The van der Waals surface area contributed by atoms with Crippen LogP contribution in [0.1, 0.15) is 24.0 Å². The van der Waals surface area contributed by atoms with Crippen molar-refractivity contribution in [2.75, 3.05) is 37.2 Å². The molecule has 218 valence electrons. The lowest BCUT2D eigenvalue weighted by molar-refractivity contribution is -0.154. The fourth-order valence-electron chi connectivity index (χ4n) is 3.27. The van der Waals surface area contributed by atoms with E-state index < -0.39 is 36.2 Å². The van der Waals surface area contributed by atoms with Gasteiger partial charge < -0.3 is 29.6 Å². The standard InChI is InChI=1S/C28H36N2O8S2/c1-39-17-13-23(29-27(33)37-19-21-9-5-3-6-10-21)25(31)35-15-16-36-26(32)24(14-18-40-2)30-28(34)38-20-22-11-7-4-8-12-22/h3-12,23-24H,13-20H2,1-2H3,(H,29,33)(H,30,34)/t23-,24+. The van der Waals surface area contributed by atoms with Crippen molar-refractivity contribution in [2.45, 2.75) is 38.1 Å². The second-order valence-electron chi connectivity index (χ2n) is 8.42. The third kappa shape index (κ3) is 13.6. The minimum atomic E-state index is -0.915. The predicted octanol–water partition coefficient (Wildman–Crippen LogP) is 4.17. The molecule has 0 spiro atoms. The predicted molar refractivity (Wildman–Crippen MR) is 155 cm³/mol. The SMILES string of the molecule is CSCC[C@H](NC(=O)OCc1ccccc1)C(=O)OCCOC(=O)[C@@H](CCSC)NC(=O)OCc1ccccc1. The molecule has 0 heterocycles. The van der Waals surface area contributed by atoms with E-state index in [9.17, 15) is 19.2 Å². The molecule has 0 saturated carbocycles. The Bertz CT molecular complexity index is 960. The third-order valence-electron chi connectivity index (χ3n) is 5.37. The molecular weight excluding hydrogens is 556 g/mol. The monoisotopic (exact) mass is 592 g/mol. The first-order valence-corrected chi connectivity index (χ1v) is 15.5. The van der Waals surface area contributed by atoms with Crippen LogP contribution in [-0.2, 0) is 41.8 Å². The highest BCUT2D eigenvalue weighted by Gasteiger charge is 2.25. The average Bonchev–Trinajstić information content (AvgIpc) is 2.98. The van der Waals surface area contributed by atoms with E-state index in [1.54, 1.807) is 0 Å². The Kier molecular flexibility index (Phi) is 16.1. The van der Waals surface area contributed by atoms with Gasteiger partial charge in [0.1, 0.15) is 38.5 Å². The van der Waals surface area contributed by atoms with Crippen molar-refractivity contribution in [3.8, 4) is 0 Å². The van der Waals surface area contributed by atoms with E-state index in [0.29, 0.717) is 24.3 Å². The second kappa shape index (κ2) is 19.6. The minimum Gasteiger partial charge on any atom is -0.461 e. The summed E-state index contributed by atoms with van der Waals surface area (Å²) >= 11 is 3.04. The molecule has 10 nitrogen and oxygen atoms in total. The highest BCUT2D eigenvalue weighted by molar-refractivity contribution is 7.98. The maximum atomic E-state index is 12.6. The largest absolute Gasteiger partial charge is 0.461 e. The number of hydrogen-bond acceptors (Lipinski definition) is 10. The van der Waals surface area contributed by atoms with Gasteiger partial charge in [0.2, 0.25) is 0 Å². The first-order valence-electron chi connectivity index (χ1n) is 12.7. The van der Waals surface area contributed by atoms with Crippen LogP contribution in [0.4, 0.5) is 9.59 Å². The topological polar surface area (TPSA) is 129 Å². The lowest BCUT2D eigenvalue weighted by Crippen LogP contribution is -2.43. The second-order valence-corrected chi connectivity index (χ2v) is 10.4. The smallest absolute Gasteiger partial charge is 0.408 e. The summed E-state index contributed by atoms with van der Waals surface area (Å²) in [6, 6.07) is 16.5.